The fourth-order valence-electron chi connectivity index (χ4n) is 3.65. The number of hydrogen-bond donors (Lipinski definition) is 0. The average molecular weight is 422 g/mol. The molecule has 2 aromatic carbocycles. The monoisotopic (exact) mass is 421 g/mol. The third kappa shape index (κ3) is 5.07. The molecule has 0 N–H and O–H groups in total. The van der Waals surface area contributed by atoms with Gasteiger partial charge in [0.05, 0.1) is 19.2 Å². The van der Waals surface area contributed by atoms with Crippen molar-refractivity contribution in [2.45, 2.75) is 19.9 Å². The Morgan fingerprint density at radius 2 is 1.87 bits per heavy atom. The highest BCUT2D eigenvalue weighted by atomic mass is 32.1. The number of ether oxygens (including phenoxy) is 1. The van der Waals surface area contributed by atoms with Gasteiger partial charge in [-0.2, -0.15) is 0 Å². The third-order valence-electron chi connectivity index (χ3n) is 5.45. The molecule has 0 unspecified atom stereocenters. The molecule has 1 aliphatic rings. The van der Waals surface area contributed by atoms with Crippen LogP contribution >= 0.6 is 11.3 Å². The quantitative estimate of drug-likeness (QED) is 0.603. The van der Waals surface area contributed by atoms with E-state index in [1.807, 2.05) is 35.2 Å². The maximum absolute atomic E-state index is 12.6. The number of rotatable bonds is 6. The van der Waals surface area contributed by atoms with Crippen molar-refractivity contribution in [3.05, 3.63) is 70.7 Å². The van der Waals surface area contributed by atoms with Crippen LogP contribution in [0, 0.1) is 6.92 Å². The van der Waals surface area contributed by atoms with Gasteiger partial charge in [0.15, 0.2) is 0 Å². The van der Waals surface area contributed by atoms with E-state index in [1.54, 1.807) is 18.4 Å². The van der Waals surface area contributed by atoms with Gasteiger partial charge in [-0.15, -0.1) is 11.3 Å². The van der Waals surface area contributed by atoms with Crippen molar-refractivity contribution < 1.29 is 9.53 Å². The summed E-state index contributed by atoms with van der Waals surface area (Å²) in [6, 6.07) is 16.2. The highest BCUT2D eigenvalue weighted by Gasteiger charge is 2.22. The molecule has 0 atom stereocenters. The van der Waals surface area contributed by atoms with Crippen LogP contribution in [0.2, 0.25) is 0 Å². The van der Waals surface area contributed by atoms with Crippen molar-refractivity contribution in [3.8, 4) is 16.3 Å². The van der Waals surface area contributed by atoms with E-state index in [-0.39, 0.29) is 5.91 Å². The van der Waals surface area contributed by atoms with Gasteiger partial charge in [0.25, 0.3) is 0 Å². The molecule has 156 valence electrons. The molecule has 4 rings (SSSR count). The number of methoxy groups -OCH3 is 1. The van der Waals surface area contributed by atoms with Crippen molar-refractivity contribution in [1.82, 2.24) is 14.8 Å². The number of carbonyl (C=O) groups excluding carboxylic acids is 1. The van der Waals surface area contributed by atoms with E-state index in [2.05, 4.69) is 35.4 Å². The van der Waals surface area contributed by atoms with Crippen LogP contribution in [0.5, 0.6) is 5.75 Å². The van der Waals surface area contributed by atoms with E-state index in [0.29, 0.717) is 6.42 Å². The summed E-state index contributed by atoms with van der Waals surface area (Å²) in [7, 11) is 1.68. The zero-order valence-corrected chi connectivity index (χ0v) is 18.3. The first-order chi connectivity index (χ1) is 14.6. The summed E-state index contributed by atoms with van der Waals surface area (Å²) in [6.45, 7) is 6.19. The van der Waals surface area contributed by atoms with E-state index >= 15 is 0 Å². The molecule has 6 heteroatoms. The second kappa shape index (κ2) is 9.41. The van der Waals surface area contributed by atoms with Gasteiger partial charge < -0.3 is 9.64 Å². The summed E-state index contributed by atoms with van der Waals surface area (Å²) < 4.78 is 5.31. The number of carbonyl (C=O) groups is 1. The molecular formula is C24H27N3O2S. The van der Waals surface area contributed by atoms with Gasteiger partial charge in [-0.25, -0.2) is 4.98 Å². The minimum atomic E-state index is 0.215. The highest BCUT2D eigenvalue weighted by Crippen LogP contribution is 2.27. The van der Waals surface area contributed by atoms with Crippen LogP contribution in [0.1, 0.15) is 16.8 Å². The zero-order valence-electron chi connectivity index (χ0n) is 17.5. The zero-order chi connectivity index (χ0) is 20.9. The van der Waals surface area contributed by atoms with Crippen LogP contribution in [0.25, 0.3) is 10.6 Å². The maximum Gasteiger partial charge on any atom is 0.227 e. The van der Waals surface area contributed by atoms with E-state index in [1.165, 1.54) is 5.56 Å². The number of benzene rings is 2. The first-order valence-corrected chi connectivity index (χ1v) is 11.1. The largest absolute Gasteiger partial charge is 0.497 e. The summed E-state index contributed by atoms with van der Waals surface area (Å²) in [5.41, 5.74) is 4.46. The van der Waals surface area contributed by atoms with Gasteiger partial charge >= 0.3 is 0 Å². The van der Waals surface area contributed by atoms with E-state index in [0.717, 1.165) is 60.3 Å². The summed E-state index contributed by atoms with van der Waals surface area (Å²) in [5, 5.41) is 3.14. The lowest BCUT2D eigenvalue weighted by molar-refractivity contribution is -0.132. The van der Waals surface area contributed by atoms with E-state index in [4.69, 9.17) is 9.72 Å². The Morgan fingerprint density at radius 3 is 2.60 bits per heavy atom. The van der Waals surface area contributed by atoms with E-state index in [9.17, 15) is 4.79 Å². The second-order valence-electron chi connectivity index (χ2n) is 7.70. The number of aryl methyl sites for hydroxylation is 1. The Hall–Kier alpha value is -2.70. The van der Waals surface area contributed by atoms with Gasteiger partial charge in [-0.3, -0.25) is 9.69 Å². The van der Waals surface area contributed by atoms with Crippen LogP contribution in [0.4, 0.5) is 0 Å². The molecule has 0 spiro atoms. The molecule has 0 radical (unpaired) electrons. The predicted octanol–water partition coefficient (Wildman–Crippen LogP) is 4.01. The van der Waals surface area contributed by atoms with Gasteiger partial charge in [0, 0.05) is 43.7 Å². The Labute approximate surface area is 181 Å². The first kappa shape index (κ1) is 20.6. The molecule has 5 nitrogen and oxygen atoms in total. The molecule has 0 saturated carbocycles. The third-order valence-corrected chi connectivity index (χ3v) is 6.40. The SMILES string of the molecule is COc1cccc(-c2nc(CN3CCN(C(=O)Cc4ccc(C)cc4)CC3)cs2)c1. The summed E-state index contributed by atoms with van der Waals surface area (Å²) in [5.74, 6) is 1.06. The minimum Gasteiger partial charge on any atom is -0.497 e. The molecule has 1 aromatic heterocycles. The smallest absolute Gasteiger partial charge is 0.227 e. The van der Waals surface area contributed by atoms with E-state index < -0.39 is 0 Å². The van der Waals surface area contributed by atoms with Crippen LogP contribution in [-0.2, 0) is 17.8 Å². The van der Waals surface area contributed by atoms with Crippen LogP contribution in [-0.4, -0.2) is 54.0 Å². The Balaban J connectivity index is 1.29. The van der Waals surface area contributed by atoms with Crippen molar-refractivity contribution >= 4 is 17.2 Å². The second-order valence-corrected chi connectivity index (χ2v) is 8.55. The lowest BCUT2D eigenvalue weighted by atomic mass is 10.1. The lowest BCUT2D eigenvalue weighted by Crippen LogP contribution is -2.48. The van der Waals surface area contributed by atoms with Crippen LogP contribution in [0.15, 0.2) is 53.9 Å². The molecule has 1 aliphatic heterocycles. The van der Waals surface area contributed by atoms with Crippen LogP contribution in [0.3, 0.4) is 0 Å². The molecule has 3 aromatic rings. The first-order valence-electron chi connectivity index (χ1n) is 10.3. The molecule has 2 heterocycles. The number of aromatic nitrogens is 1. The van der Waals surface area contributed by atoms with Gasteiger partial charge in [-0.1, -0.05) is 42.0 Å². The van der Waals surface area contributed by atoms with Crippen molar-refractivity contribution in [3.63, 3.8) is 0 Å². The standard InChI is InChI=1S/C24H27N3O2S/c1-18-6-8-19(9-7-18)14-23(28)27-12-10-26(11-13-27)16-21-17-30-24(25-21)20-4-3-5-22(15-20)29-2/h3-9,15,17H,10-14,16H2,1-2H3. The molecule has 1 saturated heterocycles. The van der Waals surface area contributed by atoms with Crippen LogP contribution < -0.4 is 4.74 Å². The van der Waals surface area contributed by atoms with Crippen molar-refractivity contribution in [2.24, 2.45) is 0 Å². The molecule has 1 fully saturated rings. The molecule has 1 amide bonds. The number of amides is 1. The number of piperazine rings is 1. The van der Waals surface area contributed by atoms with Crippen molar-refractivity contribution in [2.75, 3.05) is 33.3 Å². The topological polar surface area (TPSA) is 45.7 Å². The van der Waals surface area contributed by atoms with Gasteiger partial charge in [0.1, 0.15) is 10.8 Å². The Morgan fingerprint density at radius 1 is 1.10 bits per heavy atom. The number of thiazole rings is 1. The molecule has 0 aliphatic carbocycles. The fraction of sp³-hybridized carbons (Fsp3) is 0.333. The van der Waals surface area contributed by atoms with Gasteiger partial charge in [-0.05, 0) is 24.6 Å². The lowest BCUT2D eigenvalue weighted by Gasteiger charge is -2.34. The highest BCUT2D eigenvalue weighted by molar-refractivity contribution is 7.13. The Kier molecular flexibility index (Phi) is 6.45. The number of hydrogen-bond acceptors (Lipinski definition) is 5. The molecule has 0 bridgehead atoms. The number of nitrogens with zero attached hydrogens (tertiary/aromatic N) is 3. The Bertz CT molecular complexity index is 992. The molecule has 30 heavy (non-hydrogen) atoms. The summed E-state index contributed by atoms with van der Waals surface area (Å²) >= 11 is 1.66. The summed E-state index contributed by atoms with van der Waals surface area (Å²) in [4.78, 5) is 21.8. The van der Waals surface area contributed by atoms with Gasteiger partial charge in [0.2, 0.25) is 5.91 Å². The maximum atomic E-state index is 12.6. The average Bonchev–Trinajstić information content (AvgIpc) is 3.24. The minimum absolute atomic E-state index is 0.215. The van der Waals surface area contributed by atoms with Crippen molar-refractivity contribution in [1.29, 1.82) is 0 Å². The summed E-state index contributed by atoms with van der Waals surface area (Å²) in [6.07, 6.45) is 0.482. The fourth-order valence-corrected chi connectivity index (χ4v) is 4.45. The molecular weight excluding hydrogens is 394 g/mol. The normalized spacial score (nSPS) is 14.7. The predicted molar refractivity (Wildman–Crippen MR) is 121 cm³/mol.